The molecule has 0 aliphatic carbocycles. The summed E-state index contributed by atoms with van der Waals surface area (Å²) in [5.74, 6) is 1.25. The summed E-state index contributed by atoms with van der Waals surface area (Å²) in [5.41, 5.74) is 3.68. The first-order valence-corrected chi connectivity index (χ1v) is 8.72. The minimum Gasteiger partial charge on any atom is -0.298 e. The predicted molar refractivity (Wildman–Crippen MR) is 95.4 cm³/mol. The second-order valence-electron chi connectivity index (χ2n) is 6.65. The Balaban J connectivity index is 1.50. The Morgan fingerprint density at radius 3 is 2.92 bits per heavy atom. The summed E-state index contributed by atoms with van der Waals surface area (Å²) in [5, 5.41) is 0. The van der Waals surface area contributed by atoms with Crippen molar-refractivity contribution in [1.29, 1.82) is 0 Å². The largest absolute Gasteiger partial charge is 0.298 e. The minimum absolute atomic E-state index is 0.423. The van der Waals surface area contributed by atoms with Crippen molar-refractivity contribution >= 4 is 0 Å². The Morgan fingerprint density at radius 2 is 2.08 bits per heavy atom. The number of nitrogens with zero attached hydrogens (tertiary/aromatic N) is 6. The quantitative estimate of drug-likeness (QED) is 0.734. The van der Waals surface area contributed by atoms with E-state index in [0.29, 0.717) is 5.92 Å². The van der Waals surface area contributed by atoms with Gasteiger partial charge in [-0.05, 0) is 43.5 Å². The number of imidazole rings is 1. The molecular weight excluding hydrogens is 312 g/mol. The van der Waals surface area contributed by atoms with Gasteiger partial charge in [0.05, 0.1) is 11.9 Å². The lowest BCUT2D eigenvalue weighted by molar-refractivity contribution is 0.198. The van der Waals surface area contributed by atoms with Crippen molar-refractivity contribution in [2.45, 2.75) is 32.2 Å². The van der Waals surface area contributed by atoms with Crippen molar-refractivity contribution in [3.63, 3.8) is 0 Å². The number of hydrogen-bond acceptors (Lipinski definition) is 5. The summed E-state index contributed by atoms with van der Waals surface area (Å²) < 4.78 is 1.90. The van der Waals surface area contributed by atoms with Crippen molar-refractivity contribution in [3.8, 4) is 5.82 Å². The molecular formula is C19H22N6. The highest BCUT2D eigenvalue weighted by Crippen LogP contribution is 2.27. The Kier molecular flexibility index (Phi) is 4.52. The second-order valence-corrected chi connectivity index (χ2v) is 6.65. The smallest absolute Gasteiger partial charge is 0.156 e. The molecule has 25 heavy (non-hydrogen) atoms. The summed E-state index contributed by atoms with van der Waals surface area (Å²) in [4.78, 5) is 20.0. The van der Waals surface area contributed by atoms with E-state index in [1.54, 1.807) is 18.7 Å². The van der Waals surface area contributed by atoms with E-state index in [1.807, 2.05) is 29.4 Å². The second kappa shape index (κ2) is 7.11. The monoisotopic (exact) mass is 334 g/mol. The SMILES string of the molecule is Cc1cnccc1CN1CCCC(c2cncc(-n3ccnc3)n2)C1. The van der Waals surface area contributed by atoms with E-state index in [1.165, 1.54) is 17.5 Å². The van der Waals surface area contributed by atoms with Gasteiger partial charge >= 0.3 is 0 Å². The summed E-state index contributed by atoms with van der Waals surface area (Å²) in [6.45, 7) is 5.25. The highest BCUT2D eigenvalue weighted by atomic mass is 15.1. The molecule has 3 aromatic heterocycles. The highest BCUT2D eigenvalue weighted by Gasteiger charge is 2.23. The van der Waals surface area contributed by atoms with Gasteiger partial charge < -0.3 is 0 Å². The van der Waals surface area contributed by atoms with Crippen LogP contribution in [0.25, 0.3) is 5.82 Å². The van der Waals surface area contributed by atoms with E-state index in [9.17, 15) is 0 Å². The van der Waals surface area contributed by atoms with Gasteiger partial charge in [-0.3, -0.25) is 19.4 Å². The lowest BCUT2D eigenvalue weighted by atomic mass is 9.94. The van der Waals surface area contributed by atoms with Gasteiger partial charge in [0.25, 0.3) is 0 Å². The van der Waals surface area contributed by atoms with Crippen molar-refractivity contribution in [2.75, 3.05) is 13.1 Å². The Labute approximate surface area is 147 Å². The van der Waals surface area contributed by atoms with Gasteiger partial charge in [0.2, 0.25) is 0 Å². The van der Waals surface area contributed by atoms with E-state index in [0.717, 1.165) is 37.6 Å². The first kappa shape index (κ1) is 15.9. The van der Waals surface area contributed by atoms with Gasteiger partial charge in [-0.1, -0.05) is 0 Å². The molecule has 1 fully saturated rings. The fourth-order valence-electron chi connectivity index (χ4n) is 3.45. The summed E-state index contributed by atoms with van der Waals surface area (Å²) >= 11 is 0. The van der Waals surface area contributed by atoms with Crippen LogP contribution in [0.1, 0.15) is 35.6 Å². The molecule has 0 saturated carbocycles. The lowest BCUT2D eigenvalue weighted by Gasteiger charge is -2.32. The minimum atomic E-state index is 0.423. The van der Waals surface area contributed by atoms with E-state index in [2.05, 4.69) is 32.8 Å². The molecule has 4 heterocycles. The number of hydrogen-bond donors (Lipinski definition) is 0. The van der Waals surface area contributed by atoms with Crippen LogP contribution in [-0.2, 0) is 6.54 Å². The molecule has 0 radical (unpaired) electrons. The molecule has 6 heteroatoms. The first-order chi connectivity index (χ1) is 12.3. The third-order valence-corrected chi connectivity index (χ3v) is 4.86. The van der Waals surface area contributed by atoms with E-state index >= 15 is 0 Å². The van der Waals surface area contributed by atoms with Crippen LogP contribution in [0.5, 0.6) is 0 Å². The fraction of sp³-hybridized carbons (Fsp3) is 0.368. The van der Waals surface area contributed by atoms with Crippen LogP contribution in [-0.4, -0.2) is 42.5 Å². The van der Waals surface area contributed by atoms with E-state index < -0.39 is 0 Å². The van der Waals surface area contributed by atoms with Crippen LogP contribution in [0.2, 0.25) is 0 Å². The molecule has 0 bridgehead atoms. The maximum absolute atomic E-state index is 4.82. The van der Waals surface area contributed by atoms with Crippen LogP contribution >= 0.6 is 0 Å². The van der Waals surface area contributed by atoms with Crippen LogP contribution in [0, 0.1) is 6.92 Å². The number of aryl methyl sites for hydroxylation is 1. The average molecular weight is 334 g/mol. The zero-order chi connectivity index (χ0) is 17.1. The van der Waals surface area contributed by atoms with Crippen molar-refractivity contribution in [1.82, 2.24) is 29.4 Å². The molecule has 3 aromatic rings. The molecule has 1 saturated heterocycles. The third kappa shape index (κ3) is 3.58. The summed E-state index contributed by atoms with van der Waals surface area (Å²) in [7, 11) is 0. The van der Waals surface area contributed by atoms with Crippen molar-refractivity contribution in [2.24, 2.45) is 0 Å². The summed E-state index contributed by atoms with van der Waals surface area (Å²) in [6.07, 6.45) is 15.3. The van der Waals surface area contributed by atoms with Crippen LogP contribution in [0.4, 0.5) is 0 Å². The van der Waals surface area contributed by atoms with E-state index in [-0.39, 0.29) is 0 Å². The van der Waals surface area contributed by atoms with Gasteiger partial charge in [0.1, 0.15) is 6.33 Å². The number of rotatable bonds is 4. The normalized spacial score (nSPS) is 18.4. The van der Waals surface area contributed by atoms with Gasteiger partial charge in [-0.15, -0.1) is 0 Å². The Morgan fingerprint density at radius 1 is 1.12 bits per heavy atom. The van der Waals surface area contributed by atoms with Crippen LogP contribution in [0.3, 0.4) is 0 Å². The number of pyridine rings is 1. The molecule has 1 unspecified atom stereocenters. The molecule has 6 nitrogen and oxygen atoms in total. The van der Waals surface area contributed by atoms with Crippen LogP contribution in [0.15, 0.2) is 49.6 Å². The molecule has 128 valence electrons. The van der Waals surface area contributed by atoms with Crippen molar-refractivity contribution < 1.29 is 0 Å². The Bertz CT molecular complexity index is 829. The number of piperidine rings is 1. The molecule has 1 atom stereocenters. The first-order valence-electron chi connectivity index (χ1n) is 8.72. The molecule has 0 aromatic carbocycles. The molecule has 1 aliphatic rings. The zero-order valence-electron chi connectivity index (χ0n) is 14.4. The van der Waals surface area contributed by atoms with E-state index in [4.69, 9.17) is 4.98 Å². The third-order valence-electron chi connectivity index (χ3n) is 4.86. The van der Waals surface area contributed by atoms with Gasteiger partial charge in [-0.25, -0.2) is 9.97 Å². The standard InChI is InChI=1S/C19H22N6/c1-15-9-20-5-4-16(15)12-24-7-2-3-17(13-24)18-10-22-11-19(23-18)25-8-6-21-14-25/h4-6,8-11,14,17H,2-3,7,12-13H2,1H3. The van der Waals surface area contributed by atoms with Gasteiger partial charge in [0, 0.05) is 50.0 Å². The van der Waals surface area contributed by atoms with Crippen molar-refractivity contribution in [3.05, 3.63) is 66.4 Å². The number of aromatic nitrogens is 5. The number of likely N-dealkylation sites (tertiary alicyclic amines) is 1. The topological polar surface area (TPSA) is 59.7 Å². The zero-order valence-corrected chi connectivity index (χ0v) is 14.4. The summed E-state index contributed by atoms with van der Waals surface area (Å²) in [6, 6.07) is 2.12. The molecule has 0 amide bonds. The maximum atomic E-state index is 4.82. The highest BCUT2D eigenvalue weighted by molar-refractivity contribution is 5.23. The maximum Gasteiger partial charge on any atom is 0.156 e. The van der Waals surface area contributed by atoms with Gasteiger partial charge in [0.15, 0.2) is 5.82 Å². The fourth-order valence-corrected chi connectivity index (χ4v) is 3.45. The predicted octanol–water partition coefficient (Wildman–Crippen LogP) is 2.75. The Hall–Kier alpha value is -2.60. The lowest BCUT2D eigenvalue weighted by Crippen LogP contribution is -2.34. The molecule has 1 aliphatic heterocycles. The average Bonchev–Trinajstić information content (AvgIpc) is 3.19. The van der Waals surface area contributed by atoms with Crippen LogP contribution < -0.4 is 0 Å². The molecule has 0 N–H and O–H groups in total. The molecule has 4 rings (SSSR count). The van der Waals surface area contributed by atoms with Gasteiger partial charge in [-0.2, -0.15) is 0 Å². The molecule has 0 spiro atoms.